The first-order valence-corrected chi connectivity index (χ1v) is 6.89. The number of primary amides is 1. The lowest BCUT2D eigenvalue weighted by molar-refractivity contribution is 0.0999. The van der Waals surface area contributed by atoms with Gasteiger partial charge < -0.3 is 5.73 Å². The monoisotopic (exact) mass is 360 g/mol. The van der Waals surface area contributed by atoms with Gasteiger partial charge in [0, 0.05) is 10.0 Å². The second-order valence-corrected chi connectivity index (χ2v) is 5.20. The van der Waals surface area contributed by atoms with Crippen molar-refractivity contribution in [1.82, 2.24) is 19.6 Å². The van der Waals surface area contributed by atoms with Gasteiger partial charge in [-0.05, 0) is 34.1 Å². The molecule has 3 aromatic rings. The number of hydrogen-bond donors (Lipinski definition) is 2. The van der Waals surface area contributed by atoms with E-state index in [4.69, 9.17) is 5.73 Å². The normalized spacial score (nSPS) is 10.6. The van der Waals surface area contributed by atoms with Crippen molar-refractivity contribution in [1.29, 1.82) is 0 Å². The molecule has 2 heterocycles. The predicted octanol–water partition coefficient (Wildman–Crippen LogP) is 1.07. The minimum Gasteiger partial charge on any atom is -0.366 e. The molecule has 0 saturated heterocycles. The molecule has 9 heteroatoms. The first-order valence-electron chi connectivity index (χ1n) is 6.10. The van der Waals surface area contributed by atoms with E-state index in [2.05, 4.69) is 36.3 Å². The number of amides is 2. The number of halogens is 1. The van der Waals surface area contributed by atoms with Crippen LogP contribution in [0.3, 0.4) is 0 Å². The highest BCUT2D eigenvalue weighted by atomic mass is 79.9. The van der Waals surface area contributed by atoms with Gasteiger partial charge in [0.1, 0.15) is 18.2 Å². The Kier molecular flexibility index (Phi) is 3.55. The van der Waals surface area contributed by atoms with Crippen molar-refractivity contribution in [2.75, 3.05) is 5.43 Å². The topological polar surface area (TPSA) is 116 Å². The van der Waals surface area contributed by atoms with Gasteiger partial charge in [-0.2, -0.15) is 0 Å². The van der Waals surface area contributed by atoms with Crippen LogP contribution in [0.2, 0.25) is 0 Å². The average Bonchev–Trinajstić information content (AvgIpc) is 2.90. The van der Waals surface area contributed by atoms with Crippen LogP contribution < -0.4 is 11.2 Å². The Balaban J connectivity index is 1.92. The molecular weight excluding hydrogens is 352 g/mol. The summed E-state index contributed by atoms with van der Waals surface area (Å²) in [4.78, 5) is 35.5. The third-order valence-electron chi connectivity index (χ3n) is 2.93. The lowest BCUT2D eigenvalue weighted by atomic mass is 10.1. The molecule has 2 amide bonds. The maximum atomic E-state index is 12.3. The zero-order valence-corrected chi connectivity index (χ0v) is 12.6. The van der Waals surface area contributed by atoms with E-state index >= 15 is 0 Å². The van der Waals surface area contributed by atoms with Gasteiger partial charge >= 0.3 is 0 Å². The number of imidazole rings is 1. The summed E-state index contributed by atoms with van der Waals surface area (Å²) in [6, 6.07) is 4.57. The molecule has 0 spiro atoms. The Bertz CT molecular complexity index is 891. The SMILES string of the molecule is NC(=O)c1cc(C(=O)Nn2cnc3cncnc32)ccc1Br. The van der Waals surface area contributed by atoms with E-state index in [1.165, 1.54) is 29.6 Å². The summed E-state index contributed by atoms with van der Waals surface area (Å²) in [7, 11) is 0. The molecule has 110 valence electrons. The molecule has 1 aromatic carbocycles. The summed E-state index contributed by atoms with van der Waals surface area (Å²) in [5, 5.41) is 0. The van der Waals surface area contributed by atoms with Crippen molar-refractivity contribution in [2.24, 2.45) is 5.73 Å². The minimum atomic E-state index is -0.623. The number of carbonyl (C=O) groups excluding carboxylic acids is 2. The summed E-state index contributed by atoms with van der Waals surface area (Å²) in [5.41, 5.74) is 9.42. The third-order valence-corrected chi connectivity index (χ3v) is 3.62. The Hall–Kier alpha value is -2.81. The zero-order chi connectivity index (χ0) is 15.7. The van der Waals surface area contributed by atoms with E-state index in [9.17, 15) is 9.59 Å². The molecule has 0 aliphatic heterocycles. The van der Waals surface area contributed by atoms with Crippen LogP contribution in [0.4, 0.5) is 0 Å². The standard InChI is InChI=1S/C13H9BrN6O2/c14-9-2-1-7(3-8(9)11(15)21)13(22)19-20-6-18-10-4-16-5-17-12(10)20/h1-6H,(H2,15,21)(H,19,22). The maximum absolute atomic E-state index is 12.3. The molecule has 22 heavy (non-hydrogen) atoms. The number of benzene rings is 1. The minimum absolute atomic E-state index is 0.227. The summed E-state index contributed by atoms with van der Waals surface area (Å²) < 4.78 is 1.91. The first-order chi connectivity index (χ1) is 10.6. The molecular formula is C13H9BrN6O2. The number of aromatic nitrogens is 4. The van der Waals surface area contributed by atoms with E-state index in [1.54, 1.807) is 12.1 Å². The molecule has 8 nitrogen and oxygen atoms in total. The van der Waals surface area contributed by atoms with E-state index in [-0.39, 0.29) is 11.1 Å². The Morgan fingerprint density at radius 2 is 2.09 bits per heavy atom. The number of carbonyl (C=O) groups is 2. The molecule has 0 bridgehead atoms. The molecule has 0 unspecified atom stereocenters. The Morgan fingerprint density at radius 3 is 2.86 bits per heavy atom. The van der Waals surface area contributed by atoms with Crippen LogP contribution in [0.15, 0.2) is 41.5 Å². The predicted molar refractivity (Wildman–Crippen MR) is 81.7 cm³/mol. The van der Waals surface area contributed by atoms with Crippen molar-refractivity contribution in [3.8, 4) is 0 Å². The molecule has 0 saturated carbocycles. The van der Waals surface area contributed by atoms with Crippen LogP contribution in [-0.4, -0.2) is 31.4 Å². The number of fused-ring (bicyclic) bond motifs is 1. The number of nitrogens with one attached hydrogen (secondary N) is 1. The van der Waals surface area contributed by atoms with Crippen molar-refractivity contribution in [3.05, 3.63) is 52.7 Å². The molecule has 0 radical (unpaired) electrons. The van der Waals surface area contributed by atoms with Crippen molar-refractivity contribution in [3.63, 3.8) is 0 Å². The van der Waals surface area contributed by atoms with Crippen LogP contribution in [0.25, 0.3) is 11.2 Å². The molecule has 0 aliphatic rings. The van der Waals surface area contributed by atoms with Gasteiger partial charge in [-0.25, -0.2) is 19.6 Å². The van der Waals surface area contributed by atoms with Crippen molar-refractivity contribution >= 4 is 38.9 Å². The van der Waals surface area contributed by atoms with Crippen LogP contribution in [0, 0.1) is 0 Å². The second-order valence-electron chi connectivity index (χ2n) is 4.35. The van der Waals surface area contributed by atoms with Crippen molar-refractivity contribution < 1.29 is 9.59 Å². The lowest BCUT2D eigenvalue weighted by Gasteiger charge is -2.08. The molecule has 3 rings (SSSR count). The number of nitrogens with zero attached hydrogens (tertiary/aromatic N) is 4. The molecule has 0 fully saturated rings. The summed E-state index contributed by atoms with van der Waals surface area (Å²) in [5.74, 6) is -1.05. The first kappa shape index (κ1) is 14.1. The van der Waals surface area contributed by atoms with E-state index in [0.717, 1.165) is 0 Å². The molecule has 0 atom stereocenters. The van der Waals surface area contributed by atoms with Crippen LogP contribution in [0.1, 0.15) is 20.7 Å². The fourth-order valence-electron chi connectivity index (χ4n) is 1.88. The van der Waals surface area contributed by atoms with Gasteiger partial charge in [-0.1, -0.05) is 0 Å². The largest absolute Gasteiger partial charge is 0.366 e. The molecule has 0 aliphatic carbocycles. The van der Waals surface area contributed by atoms with Gasteiger partial charge in [-0.3, -0.25) is 15.0 Å². The quantitative estimate of drug-likeness (QED) is 0.724. The Labute approximate surface area is 132 Å². The van der Waals surface area contributed by atoms with Crippen LogP contribution in [0.5, 0.6) is 0 Å². The van der Waals surface area contributed by atoms with Crippen molar-refractivity contribution in [2.45, 2.75) is 0 Å². The number of rotatable bonds is 3. The van der Waals surface area contributed by atoms with Gasteiger partial charge in [0.25, 0.3) is 5.91 Å². The highest BCUT2D eigenvalue weighted by Gasteiger charge is 2.13. The number of nitrogens with two attached hydrogens (primary N) is 1. The summed E-state index contributed by atoms with van der Waals surface area (Å²) in [6.07, 6.45) is 4.32. The highest BCUT2D eigenvalue weighted by Crippen LogP contribution is 2.18. The van der Waals surface area contributed by atoms with Gasteiger partial charge in [0.2, 0.25) is 5.91 Å². The fourth-order valence-corrected chi connectivity index (χ4v) is 2.32. The van der Waals surface area contributed by atoms with E-state index in [1.807, 2.05) is 0 Å². The lowest BCUT2D eigenvalue weighted by Crippen LogP contribution is -2.23. The zero-order valence-electron chi connectivity index (χ0n) is 11.0. The highest BCUT2D eigenvalue weighted by molar-refractivity contribution is 9.10. The van der Waals surface area contributed by atoms with Crippen LogP contribution >= 0.6 is 15.9 Å². The van der Waals surface area contributed by atoms with Gasteiger partial charge in [-0.15, -0.1) is 0 Å². The molecule has 3 N–H and O–H groups in total. The third kappa shape index (κ3) is 2.53. The van der Waals surface area contributed by atoms with E-state index < -0.39 is 11.8 Å². The van der Waals surface area contributed by atoms with Gasteiger partial charge in [0.05, 0.1) is 11.8 Å². The smallest absolute Gasteiger partial charge is 0.270 e. The molecule has 2 aromatic heterocycles. The average molecular weight is 361 g/mol. The van der Waals surface area contributed by atoms with Gasteiger partial charge in [0.15, 0.2) is 5.65 Å². The second kappa shape index (κ2) is 5.53. The Morgan fingerprint density at radius 1 is 1.27 bits per heavy atom. The van der Waals surface area contributed by atoms with Crippen LogP contribution in [-0.2, 0) is 0 Å². The fraction of sp³-hybridized carbons (Fsp3) is 0. The summed E-state index contributed by atoms with van der Waals surface area (Å²) >= 11 is 3.21. The number of hydrogen-bond acceptors (Lipinski definition) is 5. The van der Waals surface area contributed by atoms with E-state index in [0.29, 0.717) is 15.6 Å². The summed E-state index contributed by atoms with van der Waals surface area (Å²) in [6.45, 7) is 0. The maximum Gasteiger partial charge on any atom is 0.270 e.